The fourth-order valence-corrected chi connectivity index (χ4v) is 4.88. The van der Waals surface area contributed by atoms with E-state index < -0.39 is 0 Å². The fourth-order valence-electron chi connectivity index (χ4n) is 4.88. The van der Waals surface area contributed by atoms with Crippen LogP contribution in [0.1, 0.15) is 37.4 Å². The Kier molecular flexibility index (Phi) is 6.10. The Bertz CT molecular complexity index is 971. The first kappa shape index (κ1) is 21.1. The lowest BCUT2D eigenvalue weighted by molar-refractivity contribution is -0.131. The number of methoxy groups -OCH3 is 1. The minimum atomic E-state index is 0.0138. The maximum absolute atomic E-state index is 13.0. The topological polar surface area (TPSA) is 81.5 Å². The van der Waals surface area contributed by atoms with E-state index in [2.05, 4.69) is 28.2 Å². The number of ether oxygens (including phenoxy) is 1. The van der Waals surface area contributed by atoms with Gasteiger partial charge in [-0.25, -0.2) is 4.98 Å². The van der Waals surface area contributed by atoms with E-state index in [1.807, 2.05) is 48.2 Å². The summed E-state index contributed by atoms with van der Waals surface area (Å²) in [5.74, 6) is 2.33. The summed E-state index contributed by atoms with van der Waals surface area (Å²) in [4.78, 5) is 21.8. The van der Waals surface area contributed by atoms with Crippen molar-refractivity contribution >= 4 is 11.7 Å². The van der Waals surface area contributed by atoms with Gasteiger partial charge in [0.25, 0.3) is 0 Å². The van der Waals surface area contributed by atoms with Crippen molar-refractivity contribution in [3.63, 3.8) is 0 Å². The molecule has 2 aliphatic heterocycles. The van der Waals surface area contributed by atoms with Crippen LogP contribution in [-0.4, -0.2) is 54.6 Å². The standard InChI is InChI=1S/C24H29N5O2/c1-16-10-19-14-28(15-21(16)29(19)23-9-8-18(11-25)12-27-23)24(30)13-26-17(2)20-6-4-5-7-22(20)31-3/h4-9,12,16-17,19,21,26H,10,13-15H2,1-3H3/t16-,17?,19?,21?/m1/s1. The second-order valence-corrected chi connectivity index (χ2v) is 8.50. The van der Waals surface area contributed by atoms with Crippen LogP contribution in [0.5, 0.6) is 5.75 Å². The molecular formula is C24H29N5O2. The van der Waals surface area contributed by atoms with E-state index in [9.17, 15) is 4.79 Å². The van der Waals surface area contributed by atoms with Crippen LogP contribution in [0, 0.1) is 17.2 Å². The summed E-state index contributed by atoms with van der Waals surface area (Å²) in [6, 6.07) is 14.2. The minimum Gasteiger partial charge on any atom is -0.496 e. The Morgan fingerprint density at radius 3 is 2.81 bits per heavy atom. The summed E-state index contributed by atoms with van der Waals surface area (Å²) < 4.78 is 5.44. The summed E-state index contributed by atoms with van der Waals surface area (Å²) >= 11 is 0. The Hall–Kier alpha value is -3.11. The van der Waals surface area contributed by atoms with E-state index in [1.54, 1.807) is 13.3 Å². The number of rotatable bonds is 6. The molecule has 4 rings (SSSR count). The number of likely N-dealkylation sites (tertiary alicyclic amines) is 1. The van der Waals surface area contributed by atoms with E-state index >= 15 is 0 Å². The highest BCUT2D eigenvalue weighted by molar-refractivity contribution is 5.79. The maximum Gasteiger partial charge on any atom is 0.236 e. The molecule has 162 valence electrons. The number of aromatic nitrogens is 1. The SMILES string of the molecule is COc1ccccc1C(C)NCC(=O)N1CC2C[C@@H](C)C(C1)N2c1ccc(C#N)cn1. The van der Waals surface area contributed by atoms with E-state index in [0.29, 0.717) is 31.1 Å². The highest BCUT2D eigenvalue weighted by atomic mass is 16.5. The Balaban J connectivity index is 1.39. The fraction of sp³-hybridized carbons (Fsp3) is 0.458. The van der Waals surface area contributed by atoms with Crippen molar-refractivity contribution in [2.75, 3.05) is 31.6 Å². The molecule has 1 N–H and O–H groups in total. The van der Waals surface area contributed by atoms with Crippen molar-refractivity contribution in [1.82, 2.24) is 15.2 Å². The zero-order chi connectivity index (χ0) is 22.0. The number of anilines is 1. The molecule has 2 aliphatic rings. The van der Waals surface area contributed by atoms with Gasteiger partial charge in [-0.3, -0.25) is 4.79 Å². The van der Waals surface area contributed by atoms with Crippen LogP contribution >= 0.6 is 0 Å². The summed E-state index contributed by atoms with van der Waals surface area (Å²) in [6.45, 7) is 5.99. The molecule has 1 aromatic carbocycles. The van der Waals surface area contributed by atoms with Gasteiger partial charge in [0.1, 0.15) is 17.6 Å². The number of nitriles is 1. The third-order valence-corrected chi connectivity index (χ3v) is 6.55. The summed E-state index contributed by atoms with van der Waals surface area (Å²) in [5.41, 5.74) is 1.61. The molecule has 31 heavy (non-hydrogen) atoms. The van der Waals surface area contributed by atoms with Gasteiger partial charge in [-0.2, -0.15) is 5.26 Å². The van der Waals surface area contributed by atoms with Crippen LogP contribution in [0.15, 0.2) is 42.6 Å². The van der Waals surface area contributed by atoms with Gasteiger partial charge in [0.2, 0.25) is 5.91 Å². The van der Waals surface area contributed by atoms with Gasteiger partial charge in [0.05, 0.1) is 25.3 Å². The van der Waals surface area contributed by atoms with Gasteiger partial charge in [-0.1, -0.05) is 25.1 Å². The predicted molar refractivity (Wildman–Crippen MR) is 119 cm³/mol. The van der Waals surface area contributed by atoms with Crippen molar-refractivity contribution in [1.29, 1.82) is 5.26 Å². The van der Waals surface area contributed by atoms with Crippen LogP contribution in [0.3, 0.4) is 0 Å². The number of benzene rings is 1. The number of nitrogens with one attached hydrogen (secondary N) is 1. The van der Waals surface area contributed by atoms with Crippen LogP contribution in [-0.2, 0) is 4.79 Å². The quantitative estimate of drug-likeness (QED) is 0.775. The number of nitrogens with zero attached hydrogens (tertiary/aromatic N) is 4. The molecular weight excluding hydrogens is 390 g/mol. The molecule has 0 saturated carbocycles. The van der Waals surface area contributed by atoms with Crippen molar-refractivity contribution in [2.24, 2.45) is 5.92 Å². The third kappa shape index (κ3) is 4.21. The largest absolute Gasteiger partial charge is 0.496 e. The van der Waals surface area contributed by atoms with E-state index in [4.69, 9.17) is 10.00 Å². The van der Waals surface area contributed by atoms with E-state index in [-0.39, 0.29) is 24.0 Å². The average Bonchev–Trinajstić information content (AvgIpc) is 3.00. The monoisotopic (exact) mass is 419 g/mol. The predicted octanol–water partition coefficient (Wildman–Crippen LogP) is 2.74. The molecule has 7 nitrogen and oxygen atoms in total. The lowest BCUT2D eigenvalue weighted by Gasteiger charge is -2.42. The van der Waals surface area contributed by atoms with Gasteiger partial charge >= 0.3 is 0 Å². The Morgan fingerprint density at radius 2 is 2.13 bits per heavy atom. The smallest absolute Gasteiger partial charge is 0.236 e. The van der Waals surface area contributed by atoms with Crippen LogP contribution in [0.25, 0.3) is 0 Å². The van der Waals surface area contributed by atoms with Crippen molar-refractivity contribution < 1.29 is 9.53 Å². The number of hydrogen-bond donors (Lipinski definition) is 1. The minimum absolute atomic E-state index is 0.0138. The molecule has 0 spiro atoms. The molecule has 2 bridgehead atoms. The molecule has 0 aliphatic carbocycles. The molecule has 4 atom stereocenters. The molecule has 2 fully saturated rings. The van der Waals surface area contributed by atoms with Gasteiger partial charge in [-0.05, 0) is 37.5 Å². The average molecular weight is 420 g/mol. The lowest BCUT2D eigenvalue weighted by atomic mass is 10.0. The van der Waals surface area contributed by atoms with Crippen LogP contribution in [0.2, 0.25) is 0 Å². The van der Waals surface area contributed by atoms with Gasteiger partial charge in [0.15, 0.2) is 0 Å². The first-order valence-electron chi connectivity index (χ1n) is 10.8. The van der Waals surface area contributed by atoms with Gasteiger partial charge in [0, 0.05) is 36.9 Å². The van der Waals surface area contributed by atoms with Gasteiger partial charge in [-0.15, -0.1) is 0 Å². The summed E-state index contributed by atoms with van der Waals surface area (Å²) in [7, 11) is 1.66. The van der Waals surface area contributed by atoms with Crippen LogP contribution < -0.4 is 15.0 Å². The summed E-state index contributed by atoms with van der Waals surface area (Å²) in [6.07, 6.45) is 2.67. The highest BCUT2D eigenvalue weighted by Crippen LogP contribution is 2.37. The number of para-hydroxylation sites is 1. The molecule has 2 saturated heterocycles. The molecule has 3 heterocycles. The number of carbonyl (C=O) groups excluding carboxylic acids is 1. The molecule has 7 heteroatoms. The molecule has 1 amide bonds. The van der Waals surface area contributed by atoms with E-state index in [0.717, 1.165) is 23.6 Å². The highest BCUT2D eigenvalue weighted by Gasteiger charge is 2.45. The molecule has 1 aromatic heterocycles. The molecule has 0 radical (unpaired) electrons. The maximum atomic E-state index is 13.0. The normalized spacial score (nSPS) is 23.4. The lowest BCUT2D eigenvalue weighted by Crippen LogP contribution is -2.57. The second kappa shape index (κ2) is 8.94. The van der Waals surface area contributed by atoms with Crippen molar-refractivity contribution in [3.05, 3.63) is 53.7 Å². The van der Waals surface area contributed by atoms with Gasteiger partial charge < -0.3 is 19.9 Å². The van der Waals surface area contributed by atoms with E-state index in [1.165, 1.54) is 0 Å². The van der Waals surface area contributed by atoms with Crippen LogP contribution in [0.4, 0.5) is 5.82 Å². The number of carbonyl (C=O) groups is 1. The summed E-state index contributed by atoms with van der Waals surface area (Å²) in [5, 5.41) is 12.4. The number of amides is 1. The Labute approximate surface area is 183 Å². The number of pyridine rings is 1. The number of piperazine rings is 1. The Morgan fingerprint density at radius 1 is 1.32 bits per heavy atom. The first-order valence-corrected chi connectivity index (χ1v) is 10.8. The first-order chi connectivity index (χ1) is 15.0. The molecule has 3 unspecified atom stereocenters. The second-order valence-electron chi connectivity index (χ2n) is 8.50. The number of hydrogen-bond acceptors (Lipinski definition) is 6. The van der Waals surface area contributed by atoms with Crippen molar-refractivity contribution in [2.45, 2.75) is 38.4 Å². The zero-order valence-corrected chi connectivity index (χ0v) is 18.3. The third-order valence-electron chi connectivity index (χ3n) is 6.55. The van der Waals surface area contributed by atoms with Crippen molar-refractivity contribution in [3.8, 4) is 11.8 Å². The number of fused-ring (bicyclic) bond motifs is 2. The zero-order valence-electron chi connectivity index (χ0n) is 18.3. The molecule has 2 aromatic rings.